The molecule has 0 heterocycles. The van der Waals surface area contributed by atoms with E-state index in [1.165, 1.54) is 0 Å². The number of nitro groups is 1. The number of nitrogens with one attached hydrogen (secondary N) is 1. The lowest BCUT2D eigenvalue weighted by molar-refractivity contribution is -0.385. The number of halogens is 1. The summed E-state index contributed by atoms with van der Waals surface area (Å²) < 4.78 is 44.5. The number of hydrogen-bond acceptors (Lipinski definition) is 6. The Hall–Kier alpha value is -1.78. The summed E-state index contributed by atoms with van der Waals surface area (Å²) in [7, 11) is -4.20. The van der Waals surface area contributed by atoms with E-state index < -0.39 is 37.0 Å². The lowest BCUT2D eigenvalue weighted by Crippen LogP contribution is -2.29. The van der Waals surface area contributed by atoms with Gasteiger partial charge in [0, 0.05) is 19.2 Å². The third kappa shape index (κ3) is 3.85. The van der Waals surface area contributed by atoms with E-state index >= 15 is 0 Å². The number of sulfonamides is 1. The van der Waals surface area contributed by atoms with Crippen molar-refractivity contribution in [3.05, 3.63) is 28.1 Å². The van der Waals surface area contributed by atoms with Crippen LogP contribution in [0.25, 0.3) is 0 Å². The van der Waals surface area contributed by atoms with Crippen LogP contribution >= 0.6 is 0 Å². The van der Waals surface area contributed by atoms with Crippen LogP contribution in [0.5, 0.6) is 0 Å². The summed E-state index contributed by atoms with van der Waals surface area (Å²) in [5, 5.41) is 10.5. The predicted octanol–water partition coefficient (Wildman–Crippen LogP) is 0.631. The minimum absolute atomic E-state index is 0.0635. The second-order valence-electron chi connectivity index (χ2n) is 3.70. The van der Waals surface area contributed by atoms with Crippen LogP contribution in [-0.4, -0.2) is 33.1 Å². The van der Waals surface area contributed by atoms with Gasteiger partial charge in [-0.05, 0) is 6.92 Å². The lowest BCUT2D eigenvalue weighted by Gasteiger charge is -2.10. The van der Waals surface area contributed by atoms with Gasteiger partial charge in [-0.2, -0.15) is 0 Å². The highest BCUT2D eigenvalue weighted by molar-refractivity contribution is 7.89. The van der Waals surface area contributed by atoms with E-state index in [1.807, 2.05) is 0 Å². The Morgan fingerprint density at radius 2 is 2.15 bits per heavy atom. The van der Waals surface area contributed by atoms with Gasteiger partial charge in [0.25, 0.3) is 5.69 Å². The minimum Gasteiger partial charge on any atom is -0.397 e. The molecular weight excluding hydrogens is 293 g/mol. The third-order valence-corrected chi connectivity index (χ3v) is 3.83. The molecule has 0 amide bonds. The number of nitrogens with zero attached hydrogens (tertiary/aromatic N) is 1. The van der Waals surface area contributed by atoms with Gasteiger partial charge in [-0.3, -0.25) is 10.1 Å². The zero-order valence-corrected chi connectivity index (χ0v) is 11.4. The number of nitrogen functional groups attached to an aromatic ring is 1. The molecule has 0 aromatic heterocycles. The molecular formula is C10H14FN3O5S. The number of anilines is 1. The fourth-order valence-corrected chi connectivity index (χ4v) is 2.63. The maximum atomic E-state index is 13.7. The molecule has 112 valence electrons. The Morgan fingerprint density at radius 1 is 1.50 bits per heavy atom. The van der Waals surface area contributed by atoms with Crippen molar-refractivity contribution in [2.45, 2.75) is 11.8 Å². The Bertz CT molecular complexity index is 582. The number of hydrogen-bond donors (Lipinski definition) is 2. The molecule has 1 aromatic carbocycles. The number of non-ortho nitro benzene ring substituents is 1. The first kappa shape index (κ1) is 16.3. The summed E-state index contributed by atoms with van der Waals surface area (Å²) in [6.45, 7) is 2.20. The van der Waals surface area contributed by atoms with Crippen molar-refractivity contribution in [1.29, 1.82) is 0 Å². The molecule has 0 aliphatic rings. The van der Waals surface area contributed by atoms with Crippen molar-refractivity contribution in [2.24, 2.45) is 0 Å². The van der Waals surface area contributed by atoms with Gasteiger partial charge < -0.3 is 10.5 Å². The van der Waals surface area contributed by atoms with Crippen LogP contribution in [0, 0.1) is 15.9 Å². The standard InChI is InChI=1S/C10H14FN3O5S/c1-2-19-4-3-13-20(17,18)10-8(11)5-7(14(15)16)6-9(10)12/h5-6,13H,2-4,12H2,1H3. The average Bonchev–Trinajstić information content (AvgIpc) is 2.33. The first-order valence-electron chi connectivity index (χ1n) is 5.60. The number of benzene rings is 1. The summed E-state index contributed by atoms with van der Waals surface area (Å²) in [6, 6.07) is 1.30. The molecule has 20 heavy (non-hydrogen) atoms. The van der Waals surface area contributed by atoms with Gasteiger partial charge in [0.1, 0.15) is 4.90 Å². The average molecular weight is 307 g/mol. The molecule has 10 heteroatoms. The van der Waals surface area contributed by atoms with Crippen molar-refractivity contribution in [2.75, 3.05) is 25.5 Å². The molecule has 0 aliphatic heterocycles. The Morgan fingerprint density at radius 3 is 2.65 bits per heavy atom. The maximum Gasteiger partial charge on any atom is 0.274 e. The van der Waals surface area contributed by atoms with E-state index in [1.54, 1.807) is 6.92 Å². The number of nitro benzene ring substituents is 1. The highest BCUT2D eigenvalue weighted by Gasteiger charge is 2.25. The van der Waals surface area contributed by atoms with Gasteiger partial charge in [-0.25, -0.2) is 17.5 Å². The highest BCUT2D eigenvalue weighted by Crippen LogP contribution is 2.27. The Labute approximate surface area is 114 Å². The number of rotatable bonds is 7. The van der Waals surface area contributed by atoms with Gasteiger partial charge in [0.2, 0.25) is 10.0 Å². The molecule has 0 bridgehead atoms. The van der Waals surface area contributed by atoms with Crippen LogP contribution < -0.4 is 10.5 Å². The molecule has 0 spiro atoms. The highest BCUT2D eigenvalue weighted by atomic mass is 32.2. The molecule has 1 aromatic rings. The van der Waals surface area contributed by atoms with Crippen molar-refractivity contribution >= 4 is 21.4 Å². The molecule has 0 atom stereocenters. The second kappa shape index (κ2) is 6.59. The quantitative estimate of drug-likeness (QED) is 0.329. The first-order chi connectivity index (χ1) is 9.29. The maximum absolute atomic E-state index is 13.7. The lowest BCUT2D eigenvalue weighted by atomic mass is 10.3. The molecule has 8 nitrogen and oxygen atoms in total. The summed E-state index contributed by atoms with van der Waals surface area (Å²) in [5.41, 5.74) is 4.24. The second-order valence-corrected chi connectivity index (χ2v) is 5.40. The smallest absolute Gasteiger partial charge is 0.274 e. The fourth-order valence-electron chi connectivity index (χ4n) is 1.45. The summed E-state index contributed by atoms with van der Waals surface area (Å²) >= 11 is 0. The fraction of sp³-hybridized carbons (Fsp3) is 0.400. The molecule has 0 unspecified atom stereocenters. The van der Waals surface area contributed by atoms with Gasteiger partial charge in [-0.15, -0.1) is 0 Å². The molecule has 1 rings (SSSR count). The van der Waals surface area contributed by atoms with Crippen LogP contribution in [0.3, 0.4) is 0 Å². The zero-order chi connectivity index (χ0) is 15.3. The van der Waals surface area contributed by atoms with E-state index in [9.17, 15) is 22.9 Å². The van der Waals surface area contributed by atoms with Crippen molar-refractivity contribution in [3.8, 4) is 0 Å². The largest absolute Gasteiger partial charge is 0.397 e. The van der Waals surface area contributed by atoms with Crippen LogP contribution in [0.4, 0.5) is 15.8 Å². The molecule has 0 fully saturated rings. The van der Waals surface area contributed by atoms with Crippen LogP contribution in [0.2, 0.25) is 0 Å². The Balaban J connectivity index is 3.03. The number of nitrogens with two attached hydrogens (primary N) is 1. The summed E-state index contributed by atoms with van der Waals surface area (Å²) in [6.07, 6.45) is 0. The van der Waals surface area contributed by atoms with E-state index in [-0.39, 0.29) is 13.2 Å². The molecule has 0 aliphatic carbocycles. The zero-order valence-electron chi connectivity index (χ0n) is 10.6. The van der Waals surface area contributed by atoms with Gasteiger partial charge in [0.05, 0.1) is 23.3 Å². The summed E-state index contributed by atoms with van der Waals surface area (Å²) in [4.78, 5) is 8.84. The van der Waals surface area contributed by atoms with Crippen molar-refractivity contribution in [3.63, 3.8) is 0 Å². The molecule has 0 saturated heterocycles. The topological polar surface area (TPSA) is 125 Å². The molecule has 0 saturated carbocycles. The van der Waals surface area contributed by atoms with Crippen LogP contribution in [0.1, 0.15) is 6.92 Å². The van der Waals surface area contributed by atoms with Crippen LogP contribution in [-0.2, 0) is 14.8 Å². The normalized spacial score (nSPS) is 11.5. The predicted molar refractivity (Wildman–Crippen MR) is 69.1 cm³/mol. The van der Waals surface area contributed by atoms with E-state index in [0.717, 1.165) is 6.07 Å². The number of ether oxygens (including phenoxy) is 1. The van der Waals surface area contributed by atoms with Crippen molar-refractivity contribution in [1.82, 2.24) is 4.72 Å². The van der Waals surface area contributed by atoms with E-state index in [2.05, 4.69) is 4.72 Å². The van der Waals surface area contributed by atoms with Gasteiger partial charge in [0.15, 0.2) is 5.82 Å². The Kier molecular flexibility index (Phi) is 5.36. The molecule has 3 N–H and O–H groups in total. The van der Waals surface area contributed by atoms with Crippen molar-refractivity contribution < 1.29 is 22.5 Å². The monoisotopic (exact) mass is 307 g/mol. The summed E-state index contributed by atoms with van der Waals surface area (Å²) in [5.74, 6) is -1.28. The van der Waals surface area contributed by atoms with E-state index in [4.69, 9.17) is 10.5 Å². The third-order valence-electron chi connectivity index (χ3n) is 2.28. The van der Waals surface area contributed by atoms with Gasteiger partial charge >= 0.3 is 0 Å². The minimum atomic E-state index is -4.20. The van der Waals surface area contributed by atoms with E-state index in [0.29, 0.717) is 12.7 Å². The molecule has 0 radical (unpaired) electrons. The first-order valence-corrected chi connectivity index (χ1v) is 7.08. The van der Waals surface area contributed by atoms with Gasteiger partial charge in [-0.1, -0.05) is 0 Å². The van der Waals surface area contributed by atoms with Crippen LogP contribution in [0.15, 0.2) is 17.0 Å². The SMILES string of the molecule is CCOCCNS(=O)(=O)c1c(N)cc([N+](=O)[O-])cc1F.